The van der Waals surface area contributed by atoms with Crippen LogP contribution in [-0.4, -0.2) is 24.9 Å². The van der Waals surface area contributed by atoms with E-state index in [4.69, 9.17) is 4.55 Å². The van der Waals surface area contributed by atoms with E-state index in [0.29, 0.717) is 10.8 Å². The molecule has 1 aliphatic heterocycles. The maximum atomic E-state index is 11.4. The molecule has 3 rings (SSSR count). The highest BCUT2D eigenvalue weighted by Gasteiger charge is 2.30. The van der Waals surface area contributed by atoms with E-state index in [2.05, 4.69) is 4.74 Å². The lowest BCUT2D eigenvalue weighted by Crippen LogP contribution is -1.98. The summed E-state index contributed by atoms with van der Waals surface area (Å²) >= 11 is 0. The summed E-state index contributed by atoms with van der Waals surface area (Å²) in [7, 11) is -4.32. The first-order valence-electron chi connectivity index (χ1n) is 5.18. The fraction of sp³-hybridized carbons (Fsp3) is 0. The van der Waals surface area contributed by atoms with Crippen molar-refractivity contribution in [1.29, 1.82) is 0 Å². The molecule has 1 heterocycles. The standard InChI is InChI=1S/C12H6O6S/c13-11-9-4-6-1-2-8(19(15,16)17)3-7(6)5-10(9)12(14)18-11/h1-5H,(H,15,16,17). The van der Waals surface area contributed by atoms with Gasteiger partial charge < -0.3 is 4.74 Å². The van der Waals surface area contributed by atoms with Gasteiger partial charge >= 0.3 is 11.9 Å². The van der Waals surface area contributed by atoms with Crippen LogP contribution in [0.5, 0.6) is 0 Å². The number of rotatable bonds is 1. The maximum absolute atomic E-state index is 11.4. The van der Waals surface area contributed by atoms with Gasteiger partial charge in [0.15, 0.2) is 0 Å². The van der Waals surface area contributed by atoms with Gasteiger partial charge in [-0.2, -0.15) is 8.42 Å². The summed E-state index contributed by atoms with van der Waals surface area (Å²) < 4.78 is 35.5. The number of fused-ring (bicyclic) bond motifs is 2. The van der Waals surface area contributed by atoms with Gasteiger partial charge in [0.05, 0.1) is 16.0 Å². The minimum atomic E-state index is -4.32. The van der Waals surface area contributed by atoms with Crippen LogP contribution in [0.25, 0.3) is 10.8 Å². The Morgan fingerprint density at radius 3 is 2.05 bits per heavy atom. The Morgan fingerprint density at radius 1 is 0.895 bits per heavy atom. The molecular weight excluding hydrogens is 272 g/mol. The summed E-state index contributed by atoms with van der Waals surface area (Å²) in [5.74, 6) is -1.49. The Kier molecular flexibility index (Phi) is 2.25. The van der Waals surface area contributed by atoms with Gasteiger partial charge in [-0.05, 0) is 35.0 Å². The van der Waals surface area contributed by atoms with Gasteiger partial charge in [0.2, 0.25) is 0 Å². The van der Waals surface area contributed by atoms with Crippen molar-refractivity contribution in [3.05, 3.63) is 41.5 Å². The van der Waals surface area contributed by atoms with Crippen LogP contribution in [0.2, 0.25) is 0 Å². The molecule has 2 aromatic carbocycles. The van der Waals surface area contributed by atoms with Gasteiger partial charge in [0.1, 0.15) is 0 Å². The lowest BCUT2D eigenvalue weighted by atomic mass is 10.0. The molecule has 0 bridgehead atoms. The normalized spacial score (nSPS) is 14.6. The van der Waals surface area contributed by atoms with E-state index < -0.39 is 22.1 Å². The molecule has 96 valence electrons. The summed E-state index contributed by atoms with van der Waals surface area (Å²) in [4.78, 5) is 22.5. The van der Waals surface area contributed by atoms with Crippen LogP contribution < -0.4 is 0 Å². The van der Waals surface area contributed by atoms with E-state index in [1.807, 2.05) is 0 Å². The molecule has 1 N–H and O–H groups in total. The number of carbonyl (C=O) groups excluding carboxylic acids is 2. The lowest BCUT2D eigenvalue weighted by Gasteiger charge is -2.02. The Morgan fingerprint density at radius 2 is 1.47 bits per heavy atom. The molecule has 6 nitrogen and oxygen atoms in total. The Hall–Kier alpha value is -2.25. The van der Waals surface area contributed by atoms with Crippen molar-refractivity contribution < 1.29 is 27.3 Å². The minimum Gasteiger partial charge on any atom is -0.386 e. The molecule has 7 heteroatoms. The second kappa shape index (κ2) is 3.62. The molecule has 2 aromatic rings. The third kappa shape index (κ3) is 1.79. The van der Waals surface area contributed by atoms with Crippen LogP contribution in [-0.2, 0) is 14.9 Å². The Balaban J connectivity index is 2.32. The van der Waals surface area contributed by atoms with Crippen molar-refractivity contribution in [3.8, 4) is 0 Å². The van der Waals surface area contributed by atoms with Crippen molar-refractivity contribution in [3.63, 3.8) is 0 Å². The van der Waals surface area contributed by atoms with Crippen LogP contribution in [0.3, 0.4) is 0 Å². The predicted octanol–water partition coefficient (Wildman–Crippen LogP) is 1.40. The van der Waals surface area contributed by atoms with Crippen LogP contribution in [0.4, 0.5) is 0 Å². The van der Waals surface area contributed by atoms with Crippen LogP contribution in [0, 0.1) is 0 Å². The molecule has 0 unspecified atom stereocenters. The maximum Gasteiger partial charge on any atom is 0.346 e. The first kappa shape index (κ1) is 11.8. The first-order valence-corrected chi connectivity index (χ1v) is 6.62. The predicted molar refractivity (Wildman–Crippen MR) is 63.5 cm³/mol. The summed E-state index contributed by atoms with van der Waals surface area (Å²) in [5, 5.41) is 0.985. The van der Waals surface area contributed by atoms with Crippen LogP contribution in [0.15, 0.2) is 35.2 Å². The minimum absolute atomic E-state index is 0.0880. The van der Waals surface area contributed by atoms with Gasteiger partial charge in [-0.25, -0.2) is 9.59 Å². The molecule has 0 saturated heterocycles. The number of hydrogen-bond acceptors (Lipinski definition) is 5. The van der Waals surface area contributed by atoms with Gasteiger partial charge in [-0.3, -0.25) is 4.55 Å². The second-order valence-corrected chi connectivity index (χ2v) is 5.48. The lowest BCUT2D eigenvalue weighted by molar-refractivity contribution is 0.0443. The van der Waals surface area contributed by atoms with Gasteiger partial charge in [-0.15, -0.1) is 0 Å². The van der Waals surface area contributed by atoms with Crippen molar-refractivity contribution in [2.45, 2.75) is 4.90 Å². The summed E-state index contributed by atoms with van der Waals surface area (Å²) in [5.41, 5.74) is 0.238. The molecule has 0 atom stereocenters. The van der Waals surface area contributed by atoms with Gasteiger partial charge in [-0.1, -0.05) is 6.07 Å². The summed E-state index contributed by atoms with van der Waals surface area (Å²) in [6.45, 7) is 0. The zero-order valence-electron chi connectivity index (χ0n) is 9.28. The topological polar surface area (TPSA) is 97.7 Å². The number of cyclic esters (lactones) is 2. The zero-order chi connectivity index (χ0) is 13.8. The summed E-state index contributed by atoms with van der Waals surface area (Å²) in [6.07, 6.45) is 0. The quantitative estimate of drug-likeness (QED) is 0.481. The molecule has 0 saturated carbocycles. The monoisotopic (exact) mass is 278 g/mol. The molecular formula is C12H6O6S. The fourth-order valence-corrected chi connectivity index (χ4v) is 2.48. The van der Waals surface area contributed by atoms with E-state index >= 15 is 0 Å². The second-order valence-electron chi connectivity index (χ2n) is 4.06. The van der Waals surface area contributed by atoms with E-state index in [9.17, 15) is 18.0 Å². The number of ether oxygens (including phenoxy) is 1. The third-order valence-corrected chi connectivity index (χ3v) is 3.72. The molecule has 0 radical (unpaired) electrons. The van der Waals surface area contributed by atoms with Crippen molar-refractivity contribution >= 4 is 32.8 Å². The smallest absolute Gasteiger partial charge is 0.346 e. The summed E-state index contributed by atoms with van der Waals surface area (Å²) in [6, 6.07) is 6.69. The fourth-order valence-electron chi connectivity index (χ4n) is 1.97. The number of carbonyl (C=O) groups is 2. The number of hydrogen-bond donors (Lipinski definition) is 1. The highest BCUT2D eigenvalue weighted by atomic mass is 32.2. The Bertz CT molecular complexity index is 850. The van der Waals surface area contributed by atoms with Crippen LogP contribution >= 0.6 is 0 Å². The third-order valence-electron chi connectivity index (χ3n) is 2.87. The van der Waals surface area contributed by atoms with Crippen molar-refractivity contribution in [2.75, 3.05) is 0 Å². The number of benzene rings is 2. The van der Waals surface area contributed by atoms with E-state index in [-0.39, 0.29) is 16.0 Å². The Labute approximate surface area is 107 Å². The molecule has 0 aliphatic carbocycles. The highest BCUT2D eigenvalue weighted by Crippen LogP contribution is 2.27. The van der Waals surface area contributed by atoms with E-state index in [1.54, 1.807) is 0 Å². The first-order chi connectivity index (χ1) is 8.86. The molecule has 0 amide bonds. The average Bonchev–Trinajstić information content (AvgIpc) is 2.60. The zero-order valence-corrected chi connectivity index (χ0v) is 10.1. The molecule has 0 spiro atoms. The van der Waals surface area contributed by atoms with Crippen molar-refractivity contribution in [1.82, 2.24) is 0 Å². The highest BCUT2D eigenvalue weighted by molar-refractivity contribution is 7.85. The number of esters is 2. The van der Waals surface area contributed by atoms with Crippen LogP contribution in [0.1, 0.15) is 20.7 Å². The van der Waals surface area contributed by atoms with Gasteiger partial charge in [0.25, 0.3) is 10.1 Å². The SMILES string of the molecule is O=C1OC(=O)c2cc3cc(S(=O)(=O)O)ccc3cc21. The largest absolute Gasteiger partial charge is 0.386 e. The molecule has 0 aromatic heterocycles. The van der Waals surface area contributed by atoms with Crippen molar-refractivity contribution in [2.24, 2.45) is 0 Å². The average molecular weight is 278 g/mol. The van der Waals surface area contributed by atoms with Gasteiger partial charge in [0, 0.05) is 0 Å². The molecule has 19 heavy (non-hydrogen) atoms. The molecule has 1 aliphatic rings. The van der Waals surface area contributed by atoms with E-state index in [0.717, 1.165) is 0 Å². The van der Waals surface area contributed by atoms with E-state index in [1.165, 1.54) is 30.3 Å². The molecule has 0 fully saturated rings.